The summed E-state index contributed by atoms with van der Waals surface area (Å²) < 4.78 is 35.1. The van der Waals surface area contributed by atoms with E-state index >= 15 is 0 Å². The maximum Gasteiger partial charge on any atom is 0.257 e. The molecular formula is C34H38ClNO8S. The van der Waals surface area contributed by atoms with Crippen molar-refractivity contribution >= 4 is 29.3 Å². The van der Waals surface area contributed by atoms with Crippen LogP contribution in [0.4, 0.5) is 0 Å². The van der Waals surface area contributed by atoms with Crippen LogP contribution in [-0.2, 0) is 16.0 Å². The first-order valence-corrected chi connectivity index (χ1v) is 15.9. The molecule has 45 heavy (non-hydrogen) atoms. The lowest BCUT2D eigenvalue weighted by molar-refractivity contribution is -0.151. The molecule has 1 fully saturated rings. The lowest BCUT2D eigenvalue weighted by atomic mass is 9.99. The molecule has 0 aromatic heterocycles. The highest BCUT2D eigenvalue weighted by Gasteiger charge is 2.31. The van der Waals surface area contributed by atoms with Crippen molar-refractivity contribution in [1.82, 2.24) is 5.06 Å². The normalized spacial score (nSPS) is 15.5. The molecule has 0 radical (unpaired) electrons. The molecular weight excluding hydrogens is 618 g/mol. The van der Waals surface area contributed by atoms with Crippen LogP contribution >= 0.6 is 23.4 Å². The second kappa shape index (κ2) is 16.5. The predicted molar refractivity (Wildman–Crippen MR) is 173 cm³/mol. The summed E-state index contributed by atoms with van der Waals surface area (Å²) in [6.45, 7) is 2.07. The number of nitrogens with zero attached hydrogens (tertiary/aromatic N) is 1. The molecule has 4 rings (SSSR count). The number of benzene rings is 3. The standard InChI is InChI=1S/C34H38ClNO8S/c1-6-32(37)36(38)15-7-8-22-18-23(19-29(39-2)33(22)43-16-17-45-26-11-9-25(35)10-12-26)27-13-14-28(44-27)24-20-30(40-3)34(42-5)31(21-24)41-4/h9-12,18-21,27-28,38H,6,8,13-14,16-17H2,1-5H3. The monoisotopic (exact) mass is 655 g/mol. The van der Waals surface area contributed by atoms with E-state index in [1.807, 2.05) is 48.5 Å². The molecule has 9 nitrogen and oxygen atoms in total. The Balaban J connectivity index is 1.57. The van der Waals surface area contributed by atoms with Gasteiger partial charge >= 0.3 is 0 Å². The van der Waals surface area contributed by atoms with Gasteiger partial charge in [-0.25, -0.2) is 0 Å². The summed E-state index contributed by atoms with van der Waals surface area (Å²) in [6, 6.07) is 17.9. The molecule has 1 saturated heterocycles. The number of hydrogen-bond acceptors (Lipinski definition) is 9. The van der Waals surface area contributed by atoms with E-state index in [9.17, 15) is 10.0 Å². The van der Waals surface area contributed by atoms with Crippen molar-refractivity contribution in [2.24, 2.45) is 0 Å². The second-order valence-corrected chi connectivity index (χ2v) is 11.6. The Morgan fingerprint density at radius 3 is 2.07 bits per heavy atom. The fourth-order valence-electron chi connectivity index (χ4n) is 4.99. The third-order valence-corrected chi connectivity index (χ3v) is 8.47. The Hall–Kier alpha value is -3.75. The zero-order valence-electron chi connectivity index (χ0n) is 26.1. The Kier molecular flexibility index (Phi) is 12.5. The smallest absolute Gasteiger partial charge is 0.257 e. The Labute approximate surface area is 273 Å². The highest BCUT2D eigenvalue weighted by Crippen LogP contribution is 2.47. The minimum absolute atomic E-state index is 0.139. The minimum Gasteiger partial charge on any atom is -0.493 e. The molecule has 3 aromatic carbocycles. The lowest BCUT2D eigenvalue weighted by Gasteiger charge is -2.20. The van der Waals surface area contributed by atoms with Crippen LogP contribution in [0.3, 0.4) is 0 Å². The van der Waals surface area contributed by atoms with Gasteiger partial charge in [-0.05, 0) is 72.5 Å². The number of rotatable bonds is 13. The molecule has 2 atom stereocenters. The fourth-order valence-corrected chi connectivity index (χ4v) is 5.84. The van der Waals surface area contributed by atoms with E-state index in [0.29, 0.717) is 51.2 Å². The molecule has 1 amide bonds. The maximum atomic E-state index is 11.8. The summed E-state index contributed by atoms with van der Waals surface area (Å²) in [4.78, 5) is 12.9. The van der Waals surface area contributed by atoms with Crippen LogP contribution in [-0.4, -0.2) is 57.0 Å². The van der Waals surface area contributed by atoms with Crippen LogP contribution in [0.25, 0.3) is 0 Å². The average Bonchev–Trinajstić information content (AvgIpc) is 3.57. The summed E-state index contributed by atoms with van der Waals surface area (Å²) >= 11 is 7.65. The molecule has 2 unspecified atom stereocenters. The first-order chi connectivity index (χ1) is 21.8. The van der Waals surface area contributed by atoms with E-state index in [1.54, 1.807) is 47.1 Å². The molecule has 1 N–H and O–H groups in total. The molecule has 11 heteroatoms. The summed E-state index contributed by atoms with van der Waals surface area (Å²) in [5, 5.41) is 11.0. The third-order valence-electron chi connectivity index (χ3n) is 7.24. The summed E-state index contributed by atoms with van der Waals surface area (Å²) in [7, 11) is 6.34. The van der Waals surface area contributed by atoms with Crippen molar-refractivity contribution < 1.29 is 38.4 Å². The quantitative estimate of drug-likeness (QED) is 0.0509. The molecule has 240 valence electrons. The molecule has 0 bridgehead atoms. The van der Waals surface area contributed by atoms with Gasteiger partial charge in [0, 0.05) is 40.1 Å². The van der Waals surface area contributed by atoms with E-state index in [0.717, 1.165) is 34.4 Å². The van der Waals surface area contributed by atoms with E-state index < -0.39 is 5.91 Å². The van der Waals surface area contributed by atoms with Gasteiger partial charge in [0.25, 0.3) is 5.91 Å². The van der Waals surface area contributed by atoms with E-state index in [2.05, 4.69) is 12.0 Å². The van der Waals surface area contributed by atoms with Crippen molar-refractivity contribution in [3.63, 3.8) is 0 Å². The molecule has 1 aliphatic heterocycles. The number of ether oxygens (including phenoxy) is 6. The Bertz CT molecular complexity index is 1500. The van der Waals surface area contributed by atoms with Gasteiger partial charge in [0.05, 0.1) is 47.3 Å². The lowest BCUT2D eigenvalue weighted by Crippen LogP contribution is -2.20. The van der Waals surface area contributed by atoms with Crippen molar-refractivity contribution in [3.8, 4) is 40.7 Å². The number of methoxy groups -OCH3 is 4. The van der Waals surface area contributed by atoms with E-state index in [4.69, 9.17) is 40.0 Å². The van der Waals surface area contributed by atoms with Gasteiger partial charge in [0.15, 0.2) is 23.0 Å². The van der Waals surface area contributed by atoms with Crippen molar-refractivity contribution in [1.29, 1.82) is 0 Å². The zero-order chi connectivity index (χ0) is 32.3. The summed E-state index contributed by atoms with van der Waals surface area (Å²) in [6.07, 6.45) is 1.48. The molecule has 1 heterocycles. The number of hydroxylamine groups is 2. The number of amides is 1. The van der Waals surface area contributed by atoms with Gasteiger partial charge in [-0.15, -0.1) is 16.8 Å². The number of carbonyl (C=O) groups is 1. The third kappa shape index (κ3) is 8.70. The van der Waals surface area contributed by atoms with Crippen LogP contribution < -0.4 is 23.7 Å². The van der Waals surface area contributed by atoms with Gasteiger partial charge in [-0.1, -0.05) is 24.4 Å². The minimum atomic E-state index is -0.485. The highest BCUT2D eigenvalue weighted by atomic mass is 35.5. The van der Waals surface area contributed by atoms with E-state index in [-0.39, 0.29) is 25.0 Å². The van der Waals surface area contributed by atoms with Gasteiger partial charge in [-0.2, -0.15) is 0 Å². The number of carbonyl (C=O) groups excluding carboxylic acids is 1. The SMILES string of the molecule is CCC(=O)N(O)C#CCc1cc(C2CCC(c3cc(OC)c(OC)c(OC)c3)O2)cc(OC)c1OCCSc1ccc(Cl)cc1. The largest absolute Gasteiger partial charge is 0.493 e. The first-order valence-electron chi connectivity index (χ1n) is 14.5. The Morgan fingerprint density at radius 1 is 0.933 bits per heavy atom. The van der Waals surface area contributed by atoms with Crippen LogP contribution in [0.1, 0.15) is 55.1 Å². The van der Waals surface area contributed by atoms with Gasteiger partial charge in [0.1, 0.15) is 0 Å². The molecule has 0 saturated carbocycles. The molecule has 0 aliphatic carbocycles. The predicted octanol–water partition coefficient (Wildman–Crippen LogP) is 7.27. The summed E-state index contributed by atoms with van der Waals surface area (Å²) in [5.41, 5.74) is 2.59. The first kappa shape index (κ1) is 34.1. The molecule has 3 aromatic rings. The number of thioether (sulfide) groups is 1. The van der Waals surface area contributed by atoms with Crippen molar-refractivity contribution in [2.75, 3.05) is 40.8 Å². The van der Waals surface area contributed by atoms with Crippen LogP contribution in [0.5, 0.6) is 28.7 Å². The summed E-state index contributed by atoms with van der Waals surface area (Å²) in [5.74, 6) is 5.85. The van der Waals surface area contributed by atoms with Crippen LogP contribution in [0, 0.1) is 12.0 Å². The number of halogens is 1. The van der Waals surface area contributed by atoms with Crippen LogP contribution in [0.15, 0.2) is 53.4 Å². The van der Waals surface area contributed by atoms with E-state index in [1.165, 1.54) is 0 Å². The van der Waals surface area contributed by atoms with Crippen LogP contribution in [0.2, 0.25) is 5.02 Å². The Morgan fingerprint density at radius 2 is 1.51 bits per heavy atom. The maximum absolute atomic E-state index is 11.8. The number of hydrogen-bond donors (Lipinski definition) is 1. The van der Waals surface area contributed by atoms with Crippen molar-refractivity contribution in [2.45, 2.75) is 49.7 Å². The highest BCUT2D eigenvalue weighted by molar-refractivity contribution is 7.99. The second-order valence-electron chi connectivity index (χ2n) is 10.0. The molecule has 0 spiro atoms. The molecule has 1 aliphatic rings. The van der Waals surface area contributed by atoms with Gasteiger partial charge in [0.2, 0.25) is 5.75 Å². The fraction of sp³-hybridized carbons (Fsp3) is 0.382. The average molecular weight is 656 g/mol. The topological polar surface area (TPSA) is 95.9 Å². The van der Waals surface area contributed by atoms with Gasteiger partial charge < -0.3 is 28.4 Å². The zero-order valence-corrected chi connectivity index (χ0v) is 27.6. The van der Waals surface area contributed by atoms with Gasteiger partial charge in [-0.3, -0.25) is 10.0 Å². The van der Waals surface area contributed by atoms with Crippen molar-refractivity contribution in [3.05, 3.63) is 70.2 Å².